The van der Waals surface area contributed by atoms with Crippen LogP contribution in [0.4, 0.5) is 0 Å². The van der Waals surface area contributed by atoms with Crippen LogP contribution in [0.5, 0.6) is 0 Å². The first-order chi connectivity index (χ1) is 11.1. The molecular weight excluding hydrogens is 286 g/mol. The molecule has 0 unspecified atom stereocenters. The molecule has 0 atom stereocenters. The summed E-state index contributed by atoms with van der Waals surface area (Å²) in [4.78, 5) is 23.4. The Hall–Kier alpha value is -2.94. The van der Waals surface area contributed by atoms with E-state index < -0.39 is 5.91 Å². The number of amides is 1. The number of primary amides is 1. The molecule has 0 aromatic heterocycles. The highest BCUT2D eigenvalue weighted by Gasteiger charge is 2.15. The quantitative estimate of drug-likeness (QED) is 0.457. The van der Waals surface area contributed by atoms with Crippen LogP contribution >= 0.6 is 0 Å². The van der Waals surface area contributed by atoms with Gasteiger partial charge in [0.15, 0.2) is 5.78 Å². The van der Waals surface area contributed by atoms with Crippen LogP contribution in [-0.4, -0.2) is 11.7 Å². The van der Waals surface area contributed by atoms with Gasteiger partial charge in [-0.05, 0) is 32.3 Å². The van der Waals surface area contributed by atoms with Crippen molar-refractivity contribution >= 4 is 44.0 Å². The van der Waals surface area contributed by atoms with E-state index in [-0.39, 0.29) is 18.6 Å². The van der Waals surface area contributed by atoms with E-state index in [0.29, 0.717) is 5.56 Å². The van der Waals surface area contributed by atoms with Crippen molar-refractivity contribution in [3.63, 3.8) is 0 Å². The molecule has 0 aliphatic heterocycles. The first-order valence-corrected chi connectivity index (χ1v) is 7.63. The van der Waals surface area contributed by atoms with Crippen LogP contribution in [0.2, 0.25) is 0 Å². The summed E-state index contributed by atoms with van der Waals surface area (Å²) in [6, 6.07) is 18.3. The summed E-state index contributed by atoms with van der Waals surface area (Å²) in [5, 5.41) is 6.71. The number of hydrogen-bond acceptors (Lipinski definition) is 2. The SMILES string of the molecule is NC(=O)CCC(=O)c1ccc2ccc3cccc4ccc1c2c34. The van der Waals surface area contributed by atoms with E-state index in [0.717, 1.165) is 16.2 Å². The maximum atomic E-state index is 12.5. The molecule has 4 aromatic carbocycles. The minimum Gasteiger partial charge on any atom is -0.370 e. The smallest absolute Gasteiger partial charge is 0.217 e. The van der Waals surface area contributed by atoms with Gasteiger partial charge in [-0.2, -0.15) is 0 Å². The van der Waals surface area contributed by atoms with Crippen LogP contribution in [0.3, 0.4) is 0 Å². The van der Waals surface area contributed by atoms with E-state index in [1.807, 2.05) is 24.3 Å². The van der Waals surface area contributed by atoms with Gasteiger partial charge in [0.25, 0.3) is 0 Å². The number of ketones is 1. The van der Waals surface area contributed by atoms with Crippen molar-refractivity contribution in [1.82, 2.24) is 0 Å². The average molecular weight is 301 g/mol. The van der Waals surface area contributed by atoms with E-state index in [4.69, 9.17) is 5.73 Å². The zero-order chi connectivity index (χ0) is 16.0. The van der Waals surface area contributed by atoms with Gasteiger partial charge in [0.2, 0.25) is 5.91 Å². The highest BCUT2D eigenvalue weighted by Crippen LogP contribution is 2.36. The molecule has 2 N–H and O–H groups in total. The largest absolute Gasteiger partial charge is 0.370 e. The van der Waals surface area contributed by atoms with Crippen molar-refractivity contribution in [3.8, 4) is 0 Å². The Morgan fingerprint density at radius 3 is 2.04 bits per heavy atom. The second-order valence-electron chi connectivity index (χ2n) is 5.86. The molecule has 0 radical (unpaired) electrons. The molecule has 3 heteroatoms. The normalized spacial score (nSPS) is 11.5. The molecule has 4 aromatic rings. The van der Waals surface area contributed by atoms with Gasteiger partial charge >= 0.3 is 0 Å². The fourth-order valence-electron chi connectivity index (χ4n) is 3.35. The molecule has 0 saturated heterocycles. The van der Waals surface area contributed by atoms with E-state index in [2.05, 4.69) is 30.3 Å². The Balaban J connectivity index is 2.00. The van der Waals surface area contributed by atoms with Gasteiger partial charge in [-0.15, -0.1) is 0 Å². The van der Waals surface area contributed by atoms with Crippen LogP contribution in [0.15, 0.2) is 54.6 Å². The summed E-state index contributed by atoms with van der Waals surface area (Å²) in [7, 11) is 0. The summed E-state index contributed by atoms with van der Waals surface area (Å²) in [5.41, 5.74) is 5.82. The number of nitrogens with two attached hydrogens (primary N) is 1. The zero-order valence-corrected chi connectivity index (χ0v) is 12.5. The maximum absolute atomic E-state index is 12.5. The lowest BCUT2D eigenvalue weighted by Gasteiger charge is -2.13. The third-order valence-electron chi connectivity index (χ3n) is 4.43. The third-order valence-corrected chi connectivity index (χ3v) is 4.43. The first kappa shape index (κ1) is 13.7. The first-order valence-electron chi connectivity index (χ1n) is 7.63. The number of rotatable bonds is 4. The van der Waals surface area contributed by atoms with Crippen molar-refractivity contribution in [2.45, 2.75) is 12.8 Å². The monoisotopic (exact) mass is 301 g/mol. The lowest BCUT2D eigenvalue weighted by Crippen LogP contribution is -2.13. The summed E-state index contributed by atoms with van der Waals surface area (Å²) >= 11 is 0. The molecule has 0 saturated carbocycles. The summed E-state index contributed by atoms with van der Waals surface area (Å²) in [5.74, 6) is -0.488. The van der Waals surface area contributed by atoms with E-state index >= 15 is 0 Å². The average Bonchev–Trinajstić information content (AvgIpc) is 2.57. The molecular formula is C20H15NO2. The van der Waals surface area contributed by atoms with Crippen LogP contribution in [-0.2, 0) is 4.79 Å². The predicted octanol–water partition coefficient (Wildman–Crippen LogP) is 4.03. The number of Topliss-reactive ketones (excluding diaryl/α,β-unsaturated/α-hetero) is 1. The van der Waals surface area contributed by atoms with Gasteiger partial charge in [-0.3, -0.25) is 9.59 Å². The maximum Gasteiger partial charge on any atom is 0.217 e. The molecule has 112 valence electrons. The van der Waals surface area contributed by atoms with E-state index in [9.17, 15) is 9.59 Å². The lowest BCUT2D eigenvalue weighted by atomic mass is 9.90. The molecule has 0 bridgehead atoms. The molecule has 0 aliphatic carbocycles. The molecule has 23 heavy (non-hydrogen) atoms. The number of carbonyl (C=O) groups excluding carboxylic acids is 2. The molecule has 0 aliphatic rings. The van der Waals surface area contributed by atoms with Crippen molar-refractivity contribution < 1.29 is 9.59 Å². The second kappa shape index (κ2) is 5.06. The van der Waals surface area contributed by atoms with Crippen molar-refractivity contribution in [1.29, 1.82) is 0 Å². The van der Waals surface area contributed by atoms with E-state index in [1.54, 1.807) is 0 Å². The van der Waals surface area contributed by atoms with Gasteiger partial charge in [0.05, 0.1) is 0 Å². The van der Waals surface area contributed by atoms with Gasteiger partial charge < -0.3 is 5.73 Å². The Morgan fingerprint density at radius 2 is 1.35 bits per heavy atom. The fraction of sp³-hybridized carbons (Fsp3) is 0.100. The minimum atomic E-state index is -0.448. The predicted molar refractivity (Wildman–Crippen MR) is 92.9 cm³/mol. The van der Waals surface area contributed by atoms with Crippen LogP contribution in [0, 0.1) is 0 Å². The third kappa shape index (κ3) is 2.13. The molecule has 3 nitrogen and oxygen atoms in total. The molecule has 0 fully saturated rings. The highest BCUT2D eigenvalue weighted by atomic mass is 16.1. The minimum absolute atomic E-state index is 0.0401. The van der Waals surface area contributed by atoms with Crippen molar-refractivity contribution in [2.24, 2.45) is 5.73 Å². The Labute approximate surface area is 133 Å². The highest BCUT2D eigenvalue weighted by molar-refractivity contribution is 6.26. The number of hydrogen-bond donors (Lipinski definition) is 1. The molecule has 4 rings (SSSR count). The molecule has 0 spiro atoms. The summed E-state index contributed by atoms with van der Waals surface area (Å²) in [6.45, 7) is 0. The summed E-state index contributed by atoms with van der Waals surface area (Å²) in [6.07, 6.45) is 0.236. The second-order valence-corrected chi connectivity index (χ2v) is 5.86. The topological polar surface area (TPSA) is 60.2 Å². The van der Waals surface area contributed by atoms with Gasteiger partial charge in [-0.1, -0.05) is 54.6 Å². The van der Waals surface area contributed by atoms with Gasteiger partial charge in [-0.25, -0.2) is 0 Å². The van der Waals surface area contributed by atoms with Crippen LogP contribution in [0.1, 0.15) is 23.2 Å². The molecule has 0 heterocycles. The zero-order valence-electron chi connectivity index (χ0n) is 12.5. The van der Waals surface area contributed by atoms with Crippen molar-refractivity contribution in [2.75, 3.05) is 0 Å². The fourth-order valence-corrected chi connectivity index (χ4v) is 3.35. The van der Waals surface area contributed by atoms with Crippen molar-refractivity contribution in [3.05, 3.63) is 60.2 Å². The summed E-state index contributed by atoms with van der Waals surface area (Å²) < 4.78 is 0. The van der Waals surface area contributed by atoms with Gasteiger partial charge in [0, 0.05) is 18.4 Å². The Morgan fingerprint density at radius 1 is 0.739 bits per heavy atom. The van der Waals surface area contributed by atoms with E-state index in [1.165, 1.54) is 16.2 Å². The molecule has 1 amide bonds. The van der Waals surface area contributed by atoms with Gasteiger partial charge in [0.1, 0.15) is 0 Å². The lowest BCUT2D eigenvalue weighted by molar-refractivity contribution is -0.118. The standard InChI is InChI=1S/C20H15NO2/c21-18(23)11-10-17(22)15-8-6-14-5-4-12-2-1-3-13-7-9-16(15)20(14)19(12)13/h1-9H,10-11H2,(H2,21,23). The van der Waals surface area contributed by atoms with Crippen LogP contribution < -0.4 is 5.73 Å². The van der Waals surface area contributed by atoms with Crippen LogP contribution in [0.25, 0.3) is 32.3 Å². The Kier molecular flexibility index (Phi) is 3.01. The Bertz CT molecular complexity index is 1050. The number of carbonyl (C=O) groups is 2. The number of benzene rings is 4.